The molecule has 1 N–H and O–H groups in total. The van der Waals surface area contributed by atoms with E-state index in [1.54, 1.807) is 7.11 Å². The lowest BCUT2D eigenvalue weighted by molar-refractivity contribution is -0.119. The minimum atomic E-state index is -0.210. The molecule has 2 rings (SSSR count). The molecule has 1 atom stereocenters. The molecular weight excluding hydrogens is 274 g/mol. The van der Waals surface area contributed by atoms with E-state index in [0.717, 1.165) is 49.6 Å². The van der Waals surface area contributed by atoms with Gasteiger partial charge in [-0.3, -0.25) is 14.9 Å². The second-order valence-electron chi connectivity index (χ2n) is 4.83. The summed E-state index contributed by atoms with van der Waals surface area (Å²) < 4.78 is 5.12. The fourth-order valence-electron chi connectivity index (χ4n) is 2.21. The van der Waals surface area contributed by atoms with E-state index in [9.17, 15) is 9.59 Å². The second kappa shape index (κ2) is 7.33. The SMILES string of the molecule is COc1ccc(CCCCCC2SC(=O)NC2=O)cc1. The Morgan fingerprint density at radius 2 is 1.90 bits per heavy atom. The van der Waals surface area contributed by atoms with Gasteiger partial charge in [-0.2, -0.15) is 0 Å². The van der Waals surface area contributed by atoms with Crippen molar-refractivity contribution in [3.8, 4) is 5.75 Å². The molecule has 1 aromatic carbocycles. The average Bonchev–Trinajstić information content (AvgIpc) is 2.77. The van der Waals surface area contributed by atoms with Gasteiger partial charge in [0.1, 0.15) is 5.75 Å². The molecule has 4 nitrogen and oxygen atoms in total. The van der Waals surface area contributed by atoms with Crippen molar-refractivity contribution in [1.82, 2.24) is 5.32 Å². The molecule has 2 amide bonds. The fraction of sp³-hybridized carbons (Fsp3) is 0.467. The molecule has 1 heterocycles. The number of methoxy groups -OCH3 is 1. The first-order valence-corrected chi connectivity index (χ1v) is 7.71. The lowest BCUT2D eigenvalue weighted by Crippen LogP contribution is -2.24. The van der Waals surface area contributed by atoms with Gasteiger partial charge in [0.15, 0.2) is 0 Å². The highest BCUT2D eigenvalue weighted by Gasteiger charge is 2.30. The van der Waals surface area contributed by atoms with Gasteiger partial charge in [-0.1, -0.05) is 36.7 Å². The van der Waals surface area contributed by atoms with Crippen LogP contribution in [0.2, 0.25) is 0 Å². The molecule has 0 saturated carbocycles. The third-order valence-corrected chi connectivity index (χ3v) is 4.41. The number of carbonyl (C=O) groups excluding carboxylic acids is 2. The molecule has 0 bridgehead atoms. The minimum absolute atomic E-state index is 0.129. The van der Waals surface area contributed by atoms with E-state index in [-0.39, 0.29) is 16.4 Å². The van der Waals surface area contributed by atoms with Gasteiger partial charge in [-0.15, -0.1) is 0 Å². The summed E-state index contributed by atoms with van der Waals surface area (Å²) in [5.74, 6) is 0.748. The number of rotatable bonds is 7. The first-order chi connectivity index (χ1) is 9.69. The predicted molar refractivity (Wildman–Crippen MR) is 80.1 cm³/mol. The van der Waals surface area contributed by atoms with E-state index >= 15 is 0 Å². The Morgan fingerprint density at radius 3 is 2.50 bits per heavy atom. The number of benzene rings is 1. The Kier molecular flexibility index (Phi) is 5.47. The molecule has 0 aliphatic carbocycles. The van der Waals surface area contributed by atoms with Crippen LogP contribution in [0.4, 0.5) is 4.79 Å². The summed E-state index contributed by atoms with van der Waals surface area (Å²) in [4.78, 5) is 22.4. The summed E-state index contributed by atoms with van der Waals surface area (Å²) >= 11 is 1.12. The molecule has 1 unspecified atom stereocenters. The van der Waals surface area contributed by atoms with E-state index < -0.39 is 0 Å². The molecular formula is C15H19NO3S. The number of unbranched alkanes of at least 4 members (excludes halogenated alkanes) is 2. The van der Waals surface area contributed by atoms with Crippen molar-refractivity contribution in [3.63, 3.8) is 0 Å². The molecule has 0 radical (unpaired) electrons. The largest absolute Gasteiger partial charge is 0.497 e. The van der Waals surface area contributed by atoms with E-state index in [2.05, 4.69) is 17.4 Å². The van der Waals surface area contributed by atoms with Crippen molar-refractivity contribution in [1.29, 1.82) is 0 Å². The van der Waals surface area contributed by atoms with Crippen molar-refractivity contribution in [3.05, 3.63) is 29.8 Å². The van der Waals surface area contributed by atoms with Crippen LogP contribution >= 0.6 is 11.8 Å². The lowest BCUT2D eigenvalue weighted by Gasteiger charge is -2.05. The molecule has 0 aromatic heterocycles. The van der Waals surface area contributed by atoms with Gasteiger partial charge >= 0.3 is 0 Å². The van der Waals surface area contributed by atoms with Crippen molar-refractivity contribution in [2.75, 3.05) is 7.11 Å². The van der Waals surface area contributed by atoms with Gasteiger partial charge < -0.3 is 4.74 Å². The van der Waals surface area contributed by atoms with Crippen LogP contribution in [0.5, 0.6) is 5.75 Å². The molecule has 1 aliphatic heterocycles. The van der Waals surface area contributed by atoms with Crippen molar-refractivity contribution in [2.45, 2.75) is 37.4 Å². The van der Waals surface area contributed by atoms with E-state index in [0.29, 0.717) is 0 Å². The van der Waals surface area contributed by atoms with Gasteiger partial charge in [0.25, 0.3) is 5.24 Å². The van der Waals surface area contributed by atoms with Gasteiger partial charge in [-0.05, 0) is 37.0 Å². The van der Waals surface area contributed by atoms with Crippen LogP contribution < -0.4 is 10.1 Å². The van der Waals surface area contributed by atoms with Gasteiger partial charge in [0, 0.05) is 0 Å². The zero-order valence-electron chi connectivity index (χ0n) is 11.6. The summed E-state index contributed by atoms with van der Waals surface area (Å²) in [7, 11) is 1.66. The standard InChI is InChI=1S/C15H19NO3S/c1-19-12-9-7-11(8-10-12)5-3-2-4-6-13-14(17)16-15(18)20-13/h7-10,13H,2-6H2,1H3,(H,16,17,18). The highest BCUT2D eigenvalue weighted by Crippen LogP contribution is 2.24. The summed E-state index contributed by atoms with van der Waals surface area (Å²) in [6.07, 6.45) is 4.97. The third kappa shape index (κ3) is 4.27. The maximum Gasteiger partial charge on any atom is 0.286 e. The number of aryl methyl sites for hydroxylation is 1. The maximum atomic E-state index is 11.4. The highest BCUT2D eigenvalue weighted by molar-refractivity contribution is 8.15. The molecule has 0 spiro atoms. The smallest absolute Gasteiger partial charge is 0.286 e. The maximum absolute atomic E-state index is 11.4. The predicted octanol–water partition coefficient (Wildman–Crippen LogP) is 3.15. The Bertz CT molecular complexity index is 473. The number of thioether (sulfide) groups is 1. The normalized spacial score (nSPS) is 18.1. The highest BCUT2D eigenvalue weighted by atomic mass is 32.2. The van der Waals surface area contributed by atoms with E-state index in [1.165, 1.54) is 5.56 Å². The van der Waals surface area contributed by atoms with Crippen molar-refractivity contribution in [2.24, 2.45) is 0 Å². The van der Waals surface area contributed by atoms with Crippen LogP contribution in [-0.4, -0.2) is 23.5 Å². The van der Waals surface area contributed by atoms with Gasteiger partial charge in [-0.25, -0.2) is 0 Å². The van der Waals surface area contributed by atoms with Crippen LogP contribution in [0.25, 0.3) is 0 Å². The zero-order chi connectivity index (χ0) is 14.4. The number of hydrogen-bond acceptors (Lipinski definition) is 4. The van der Waals surface area contributed by atoms with Crippen LogP contribution in [0.15, 0.2) is 24.3 Å². The topological polar surface area (TPSA) is 55.4 Å². The van der Waals surface area contributed by atoms with E-state index in [4.69, 9.17) is 4.74 Å². The number of amides is 2. The Morgan fingerprint density at radius 1 is 1.15 bits per heavy atom. The number of ether oxygens (including phenoxy) is 1. The van der Waals surface area contributed by atoms with Crippen LogP contribution in [0.1, 0.15) is 31.2 Å². The quantitative estimate of drug-likeness (QED) is 0.785. The fourth-order valence-corrected chi connectivity index (χ4v) is 3.08. The second-order valence-corrected chi connectivity index (χ2v) is 6.01. The molecule has 1 aromatic rings. The summed E-state index contributed by atoms with van der Waals surface area (Å²) in [6.45, 7) is 0. The molecule has 5 heteroatoms. The Hall–Kier alpha value is -1.49. The average molecular weight is 293 g/mol. The number of nitrogens with one attached hydrogen (secondary N) is 1. The third-order valence-electron chi connectivity index (χ3n) is 3.36. The van der Waals surface area contributed by atoms with E-state index in [1.807, 2.05) is 12.1 Å². The van der Waals surface area contributed by atoms with Crippen molar-refractivity contribution < 1.29 is 14.3 Å². The molecule has 108 valence electrons. The zero-order valence-corrected chi connectivity index (χ0v) is 12.4. The van der Waals surface area contributed by atoms with Crippen LogP contribution in [-0.2, 0) is 11.2 Å². The lowest BCUT2D eigenvalue weighted by atomic mass is 10.1. The van der Waals surface area contributed by atoms with Crippen LogP contribution in [0, 0.1) is 0 Å². The number of hydrogen-bond donors (Lipinski definition) is 1. The molecule has 1 aliphatic rings. The molecule has 20 heavy (non-hydrogen) atoms. The summed E-state index contributed by atoms with van der Waals surface area (Å²) in [5.41, 5.74) is 1.30. The summed E-state index contributed by atoms with van der Waals surface area (Å²) in [5, 5.41) is 1.93. The van der Waals surface area contributed by atoms with Crippen LogP contribution in [0.3, 0.4) is 0 Å². The van der Waals surface area contributed by atoms with Gasteiger partial charge in [0.05, 0.1) is 12.4 Å². The number of carbonyl (C=O) groups is 2. The number of imide groups is 1. The molecule has 1 fully saturated rings. The monoisotopic (exact) mass is 293 g/mol. The Labute approximate surface area is 123 Å². The Balaban J connectivity index is 1.61. The summed E-state index contributed by atoms with van der Waals surface area (Å²) in [6, 6.07) is 8.11. The van der Waals surface area contributed by atoms with Gasteiger partial charge in [0.2, 0.25) is 5.91 Å². The first-order valence-electron chi connectivity index (χ1n) is 6.83. The molecule has 1 saturated heterocycles. The first kappa shape index (κ1) is 14.9. The van der Waals surface area contributed by atoms with Crippen molar-refractivity contribution >= 4 is 22.9 Å². The minimum Gasteiger partial charge on any atom is -0.497 e.